The highest BCUT2D eigenvalue weighted by molar-refractivity contribution is 6.11. The number of anilines is 2. The highest BCUT2D eigenvalue weighted by Crippen LogP contribution is 2.30. The SMILES string of the molecule is CC(C)(C)OC(=O)Nc1cc2cccnc2c2nc(C#Cc3ccc(N)cc3)ccc12. The summed E-state index contributed by atoms with van der Waals surface area (Å²) < 4.78 is 5.40. The molecule has 0 saturated carbocycles. The first-order valence-corrected chi connectivity index (χ1v) is 9.84. The summed E-state index contributed by atoms with van der Waals surface area (Å²) in [7, 11) is 0. The molecule has 1 amide bonds. The number of fused-ring (bicyclic) bond motifs is 3. The largest absolute Gasteiger partial charge is 0.444 e. The van der Waals surface area contributed by atoms with Crippen molar-refractivity contribution in [2.24, 2.45) is 0 Å². The van der Waals surface area contributed by atoms with E-state index in [9.17, 15) is 4.79 Å². The summed E-state index contributed by atoms with van der Waals surface area (Å²) in [5.41, 5.74) is 9.28. The Kier molecular flexibility index (Phi) is 5.18. The van der Waals surface area contributed by atoms with E-state index < -0.39 is 11.7 Å². The maximum Gasteiger partial charge on any atom is 0.412 e. The lowest BCUT2D eigenvalue weighted by Crippen LogP contribution is -2.27. The molecule has 4 aromatic rings. The number of nitrogen functional groups attached to an aromatic ring is 1. The van der Waals surface area contributed by atoms with Crippen LogP contribution in [0.2, 0.25) is 0 Å². The molecular formula is C25H22N4O2. The van der Waals surface area contributed by atoms with Crippen LogP contribution in [0.25, 0.3) is 21.8 Å². The predicted molar refractivity (Wildman–Crippen MR) is 124 cm³/mol. The zero-order valence-corrected chi connectivity index (χ0v) is 17.6. The smallest absolute Gasteiger partial charge is 0.412 e. The van der Waals surface area contributed by atoms with Gasteiger partial charge in [-0.1, -0.05) is 12.0 Å². The third-order valence-electron chi connectivity index (χ3n) is 4.43. The summed E-state index contributed by atoms with van der Waals surface area (Å²) in [5.74, 6) is 6.18. The van der Waals surface area contributed by atoms with Gasteiger partial charge in [0.05, 0.1) is 11.2 Å². The second-order valence-electron chi connectivity index (χ2n) is 8.09. The molecule has 6 heteroatoms. The number of aromatic nitrogens is 2. The van der Waals surface area contributed by atoms with Gasteiger partial charge in [0.25, 0.3) is 0 Å². The lowest BCUT2D eigenvalue weighted by molar-refractivity contribution is 0.0636. The highest BCUT2D eigenvalue weighted by Gasteiger charge is 2.18. The van der Waals surface area contributed by atoms with Gasteiger partial charge in [0.2, 0.25) is 0 Å². The number of hydrogen-bond donors (Lipinski definition) is 2. The molecule has 0 aliphatic heterocycles. The molecule has 0 atom stereocenters. The Morgan fingerprint density at radius 1 is 1.03 bits per heavy atom. The number of carbonyl (C=O) groups excluding carboxylic acids is 1. The standard InChI is InChI=1S/C25H22N4O2/c1-25(2,3)31-24(30)29-21-15-17-5-4-14-27-22(17)23-20(21)13-12-19(28-23)11-8-16-6-9-18(26)10-7-16/h4-7,9-10,12-15H,26H2,1-3H3,(H,29,30). The molecule has 0 aliphatic carbocycles. The van der Waals surface area contributed by atoms with Gasteiger partial charge in [0, 0.05) is 28.2 Å². The molecule has 2 aromatic carbocycles. The fourth-order valence-electron chi connectivity index (χ4n) is 3.11. The quantitative estimate of drug-likeness (QED) is 0.258. The van der Waals surface area contributed by atoms with Crippen molar-refractivity contribution in [3.8, 4) is 11.8 Å². The fourth-order valence-corrected chi connectivity index (χ4v) is 3.11. The number of amides is 1. The molecule has 0 spiro atoms. The van der Waals surface area contributed by atoms with Gasteiger partial charge in [-0.3, -0.25) is 10.3 Å². The highest BCUT2D eigenvalue weighted by atomic mass is 16.6. The van der Waals surface area contributed by atoms with Gasteiger partial charge in [-0.25, -0.2) is 9.78 Å². The van der Waals surface area contributed by atoms with Gasteiger partial charge in [-0.05, 0) is 75.2 Å². The van der Waals surface area contributed by atoms with Crippen molar-refractivity contribution in [3.63, 3.8) is 0 Å². The first-order valence-electron chi connectivity index (χ1n) is 9.84. The molecule has 6 nitrogen and oxygen atoms in total. The average molecular weight is 410 g/mol. The predicted octanol–water partition coefficient (Wildman–Crippen LogP) is 5.11. The molecule has 2 heterocycles. The number of benzene rings is 2. The number of nitrogens with one attached hydrogen (secondary N) is 1. The first-order chi connectivity index (χ1) is 14.8. The van der Waals surface area contributed by atoms with Crippen molar-refractivity contribution >= 4 is 39.3 Å². The molecular weight excluding hydrogens is 388 g/mol. The summed E-state index contributed by atoms with van der Waals surface area (Å²) in [5, 5.41) is 4.46. The third-order valence-corrected chi connectivity index (χ3v) is 4.43. The zero-order valence-electron chi connectivity index (χ0n) is 17.6. The number of hydrogen-bond acceptors (Lipinski definition) is 5. The molecule has 154 valence electrons. The van der Waals surface area contributed by atoms with Gasteiger partial charge in [-0.2, -0.15) is 0 Å². The van der Waals surface area contributed by atoms with E-state index in [0.717, 1.165) is 21.9 Å². The van der Waals surface area contributed by atoms with E-state index in [-0.39, 0.29) is 0 Å². The van der Waals surface area contributed by atoms with Crippen LogP contribution in [0.1, 0.15) is 32.0 Å². The second kappa shape index (κ2) is 7.96. The molecule has 4 rings (SSSR count). The molecule has 31 heavy (non-hydrogen) atoms. The number of carbonyl (C=O) groups is 1. The van der Waals surface area contributed by atoms with Gasteiger partial charge < -0.3 is 10.5 Å². The maximum absolute atomic E-state index is 12.4. The van der Waals surface area contributed by atoms with Crippen LogP contribution < -0.4 is 11.1 Å². The summed E-state index contributed by atoms with van der Waals surface area (Å²) >= 11 is 0. The summed E-state index contributed by atoms with van der Waals surface area (Å²) in [6.07, 6.45) is 1.20. The minimum atomic E-state index is -0.596. The summed E-state index contributed by atoms with van der Waals surface area (Å²) in [4.78, 5) is 21.6. The summed E-state index contributed by atoms with van der Waals surface area (Å²) in [6, 6.07) is 16.7. The van der Waals surface area contributed by atoms with E-state index in [1.54, 1.807) is 6.20 Å². The third kappa shape index (κ3) is 4.73. The van der Waals surface area contributed by atoms with Crippen LogP contribution in [-0.4, -0.2) is 21.7 Å². The number of nitrogens with two attached hydrogens (primary N) is 1. The Balaban J connectivity index is 1.78. The van der Waals surface area contributed by atoms with Gasteiger partial charge in [0.1, 0.15) is 16.8 Å². The van der Waals surface area contributed by atoms with Crippen LogP contribution in [0.5, 0.6) is 0 Å². The fraction of sp³-hybridized carbons (Fsp3) is 0.160. The number of nitrogens with zero attached hydrogens (tertiary/aromatic N) is 2. The van der Waals surface area contributed by atoms with E-state index in [1.165, 1.54) is 0 Å². The monoisotopic (exact) mass is 410 g/mol. The van der Waals surface area contributed by atoms with Crippen LogP contribution in [0.15, 0.2) is 60.8 Å². The Labute approximate surface area is 180 Å². The molecule has 0 bridgehead atoms. The van der Waals surface area contributed by atoms with Crippen LogP contribution in [-0.2, 0) is 4.74 Å². The Bertz CT molecular complexity index is 1340. The van der Waals surface area contributed by atoms with Crippen LogP contribution in [0, 0.1) is 11.8 Å². The van der Waals surface area contributed by atoms with Gasteiger partial charge in [0.15, 0.2) is 0 Å². The Morgan fingerprint density at radius 2 is 1.81 bits per heavy atom. The zero-order chi connectivity index (χ0) is 22.0. The van der Waals surface area contributed by atoms with Crippen molar-refractivity contribution in [1.29, 1.82) is 0 Å². The lowest BCUT2D eigenvalue weighted by Gasteiger charge is -2.20. The van der Waals surface area contributed by atoms with Crippen molar-refractivity contribution in [2.75, 3.05) is 11.1 Å². The summed E-state index contributed by atoms with van der Waals surface area (Å²) in [6.45, 7) is 5.47. The second-order valence-corrected chi connectivity index (χ2v) is 8.09. The molecule has 0 saturated heterocycles. The number of ether oxygens (including phenoxy) is 1. The van der Waals surface area contributed by atoms with Crippen molar-refractivity contribution in [2.45, 2.75) is 26.4 Å². The molecule has 2 aromatic heterocycles. The van der Waals surface area contributed by atoms with Crippen LogP contribution in [0.3, 0.4) is 0 Å². The molecule has 0 aliphatic rings. The number of rotatable bonds is 1. The van der Waals surface area contributed by atoms with Crippen molar-refractivity contribution in [3.05, 3.63) is 72.1 Å². The van der Waals surface area contributed by atoms with Gasteiger partial charge >= 0.3 is 6.09 Å². The van der Waals surface area contributed by atoms with E-state index in [2.05, 4.69) is 22.1 Å². The first kappa shape index (κ1) is 20.2. The van der Waals surface area contributed by atoms with Crippen LogP contribution >= 0.6 is 0 Å². The normalized spacial score (nSPS) is 11.1. The number of pyridine rings is 2. The Hall–Kier alpha value is -4.11. The van der Waals surface area contributed by atoms with Crippen molar-refractivity contribution in [1.82, 2.24) is 9.97 Å². The minimum absolute atomic E-state index is 0.524. The van der Waals surface area contributed by atoms with Crippen molar-refractivity contribution < 1.29 is 9.53 Å². The topological polar surface area (TPSA) is 90.1 Å². The maximum atomic E-state index is 12.4. The van der Waals surface area contributed by atoms with E-state index in [4.69, 9.17) is 15.5 Å². The Morgan fingerprint density at radius 3 is 2.55 bits per heavy atom. The van der Waals surface area contributed by atoms with E-state index in [1.807, 2.05) is 75.4 Å². The molecule has 0 unspecified atom stereocenters. The average Bonchev–Trinajstić information content (AvgIpc) is 2.72. The van der Waals surface area contributed by atoms with Gasteiger partial charge in [-0.15, -0.1) is 0 Å². The van der Waals surface area contributed by atoms with E-state index in [0.29, 0.717) is 22.6 Å². The minimum Gasteiger partial charge on any atom is -0.444 e. The van der Waals surface area contributed by atoms with E-state index >= 15 is 0 Å². The molecule has 0 radical (unpaired) electrons. The van der Waals surface area contributed by atoms with Crippen LogP contribution in [0.4, 0.5) is 16.2 Å². The lowest BCUT2D eigenvalue weighted by atomic mass is 10.1. The molecule has 3 N–H and O–H groups in total. The molecule has 0 fully saturated rings.